The maximum absolute atomic E-state index is 13.5. The van der Waals surface area contributed by atoms with E-state index in [2.05, 4.69) is 32.2 Å². The van der Waals surface area contributed by atoms with E-state index in [0.29, 0.717) is 37.1 Å². The van der Waals surface area contributed by atoms with E-state index in [1.54, 1.807) is 0 Å². The van der Waals surface area contributed by atoms with Crippen LogP contribution in [-0.2, 0) is 19.1 Å². The van der Waals surface area contributed by atoms with Crippen molar-refractivity contribution in [3.05, 3.63) is 22.8 Å². The molecule has 0 spiro atoms. The molecule has 0 aliphatic heterocycles. The van der Waals surface area contributed by atoms with Gasteiger partial charge in [0.15, 0.2) is 5.78 Å². The fraction of sp³-hybridized carbons (Fsp3) is 0.774. The number of hydrogen-bond donors (Lipinski definition) is 2. The first-order chi connectivity index (χ1) is 17.3. The highest BCUT2D eigenvalue weighted by molar-refractivity contribution is 6.02. The summed E-state index contributed by atoms with van der Waals surface area (Å²) in [5.74, 6) is 0.935. The van der Waals surface area contributed by atoms with E-state index in [1.807, 2.05) is 6.92 Å². The number of carbonyl (C=O) groups is 3. The van der Waals surface area contributed by atoms with Crippen LogP contribution in [0.5, 0.6) is 0 Å². The molecule has 0 saturated heterocycles. The first-order valence-corrected chi connectivity index (χ1v) is 14.4. The Hall–Kier alpha value is -1.95. The quantitative estimate of drug-likeness (QED) is 0.405. The van der Waals surface area contributed by atoms with Gasteiger partial charge in [-0.25, -0.2) is 0 Å². The van der Waals surface area contributed by atoms with Crippen LogP contribution in [0.2, 0.25) is 0 Å². The molecular formula is C31H45NO5. The summed E-state index contributed by atoms with van der Waals surface area (Å²) in [6.45, 7) is 12.3. The van der Waals surface area contributed by atoms with Crippen LogP contribution in [0.25, 0.3) is 0 Å². The van der Waals surface area contributed by atoms with Gasteiger partial charge in [0.1, 0.15) is 6.10 Å². The Kier molecular flexibility index (Phi) is 6.53. The van der Waals surface area contributed by atoms with Crippen molar-refractivity contribution in [2.45, 2.75) is 105 Å². The van der Waals surface area contributed by atoms with Crippen molar-refractivity contribution in [3.63, 3.8) is 0 Å². The van der Waals surface area contributed by atoms with E-state index >= 15 is 0 Å². The summed E-state index contributed by atoms with van der Waals surface area (Å²) in [6, 6.07) is 0. The molecule has 5 rings (SSSR count). The van der Waals surface area contributed by atoms with Gasteiger partial charge >= 0.3 is 5.97 Å². The summed E-state index contributed by atoms with van der Waals surface area (Å²) in [5.41, 5.74) is 2.18. The maximum Gasteiger partial charge on any atom is 0.302 e. The van der Waals surface area contributed by atoms with Crippen molar-refractivity contribution in [2.24, 2.45) is 40.4 Å². The van der Waals surface area contributed by atoms with E-state index in [-0.39, 0.29) is 40.5 Å². The third-order valence-corrected chi connectivity index (χ3v) is 11.3. The molecule has 204 valence electrons. The Bertz CT molecular complexity index is 1080. The molecule has 9 atom stereocenters. The molecule has 5 aliphatic rings. The Morgan fingerprint density at radius 1 is 1.16 bits per heavy atom. The van der Waals surface area contributed by atoms with Crippen LogP contribution >= 0.6 is 0 Å². The van der Waals surface area contributed by atoms with Gasteiger partial charge in [0.05, 0.1) is 11.5 Å². The molecule has 3 fully saturated rings. The number of ether oxygens (including phenoxy) is 1. The molecule has 0 heterocycles. The van der Waals surface area contributed by atoms with E-state index in [0.717, 1.165) is 49.7 Å². The second kappa shape index (κ2) is 9.07. The van der Waals surface area contributed by atoms with Gasteiger partial charge in [0, 0.05) is 26.8 Å². The zero-order chi connectivity index (χ0) is 26.9. The SMILES string of the molecule is CC(=O)NC[C@H](C)C[C@@H]1C(=O)C(C)=C2[C@@]3(C)CC[C@H]4[C@@H](CC=C5C[C@@H](OC(C)=O)CC[C@@]54C)[C@@H]3C[C@]21O. The monoisotopic (exact) mass is 511 g/mol. The van der Waals surface area contributed by atoms with Crippen molar-refractivity contribution < 1.29 is 24.2 Å². The minimum Gasteiger partial charge on any atom is -0.462 e. The average molecular weight is 512 g/mol. The molecule has 1 amide bonds. The number of nitrogens with one attached hydrogen (secondary N) is 1. The van der Waals surface area contributed by atoms with Crippen molar-refractivity contribution in [3.8, 4) is 0 Å². The summed E-state index contributed by atoms with van der Waals surface area (Å²) in [7, 11) is 0. The van der Waals surface area contributed by atoms with Crippen LogP contribution in [0.3, 0.4) is 0 Å². The van der Waals surface area contributed by atoms with E-state index in [9.17, 15) is 19.5 Å². The molecule has 0 bridgehead atoms. The smallest absolute Gasteiger partial charge is 0.302 e. The Morgan fingerprint density at radius 3 is 2.54 bits per heavy atom. The maximum atomic E-state index is 13.5. The van der Waals surface area contributed by atoms with Crippen LogP contribution in [0.15, 0.2) is 22.8 Å². The van der Waals surface area contributed by atoms with Crippen LogP contribution in [0, 0.1) is 40.4 Å². The van der Waals surface area contributed by atoms with Gasteiger partial charge < -0.3 is 15.2 Å². The number of hydrogen-bond acceptors (Lipinski definition) is 5. The summed E-state index contributed by atoms with van der Waals surface area (Å²) in [4.78, 5) is 36.5. The largest absolute Gasteiger partial charge is 0.462 e. The van der Waals surface area contributed by atoms with Gasteiger partial charge in [0.2, 0.25) is 5.91 Å². The lowest BCUT2D eigenvalue weighted by Gasteiger charge is -2.57. The molecule has 6 heteroatoms. The van der Waals surface area contributed by atoms with Gasteiger partial charge in [-0.05, 0) is 97.5 Å². The molecule has 37 heavy (non-hydrogen) atoms. The highest BCUT2D eigenvalue weighted by Gasteiger charge is 2.68. The first-order valence-electron chi connectivity index (χ1n) is 14.4. The molecule has 3 saturated carbocycles. The summed E-state index contributed by atoms with van der Waals surface area (Å²) >= 11 is 0. The second-order valence-electron chi connectivity index (χ2n) is 13.5. The number of carbonyl (C=O) groups excluding carboxylic acids is 3. The standard InChI is InChI=1S/C31H45NO5/c1-17(16-32-19(3)33)13-25-27(35)18(2)28-30(6)12-10-24-23(26(30)15-31(25,28)36)8-7-21-14-22(37-20(4)34)9-11-29(21,24)5/h7,17,22-26,36H,8-16H2,1-6H3,(H,32,33)/t17-,22+,23-,24+,25-,26+,29+,30+,31-/m1/s1. The molecule has 2 N–H and O–H groups in total. The number of allylic oxidation sites excluding steroid dienone is 2. The highest BCUT2D eigenvalue weighted by atomic mass is 16.5. The predicted molar refractivity (Wildman–Crippen MR) is 141 cm³/mol. The molecule has 6 nitrogen and oxygen atoms in total. The van der Waals surface area contributed by atoms with Crippen LogP contribution < -0.4 is 5.32 Å². The van der Waals surface area contributed by atoms with Crippen LogP contribution in [0.4, 0.5) is 0 Å². The molecular weight excluding hydrogens is 466 g/mol. The molecule has 0 unspecified atom stereocenters. The second-order valence-corrected chi connectivity index (χ2v) is 13.5. The zero-order valence-electron chi connectivity index (χ0n) is 23.5. The molecule has 5 aliphatic carbocycles. The summed E-state index contributed by atoms with van der Waals surface area (Å²) < 4.78 is 5.59. The van der Waals surface area contributed by atoms with Crippen molar-refractivity contribution >= 4 is 17.7 Å². The fourth-order valence-corrected chi connectivity index (χ4v) is 9.68. The normalized spacial score (nSPS) is 43.3. The topological polar surface area (TPSA) is 92.7 Å². The number of Topliss-reactive ketones (excluding diaryl/α,β-unsaturated/α-hetero) is 1. The van der Waals surface area contributed by atoms with Gasteiger partial charge in [-0.3, -0.25) is 14.4 Å². The Balaban J connectivity index is 1.42. The van der Waals surface area contributed by atoms with Gasteiger partial charge in [-0.15, -0.1) is 0 Å². The number of amides is 1. The number of rotatable bonds is 5. The number of esters is 1. The van der Waals surface area contributed by atoms with E-state index in [1.165, 1.54) is 19.4 Å². The van der Waals surface area contributed by atoms with E-state index in [4.69, 9.17) is 4.74 Å². The lowest BCUT2D eigenvalue weighted by molar-refractivity contribution is -0.148. The Labute approximate surface area is 221 Å². The van der Waals surface area contributed by atoms with Crippen LogP contribution in [-0.4, -0.2) is 41.0 Å². The highest BCUT2D eigenvalue weighted by Crippen LogP contribution is 2.71. The van der Waals surface area contributed by atoms with Gasteiger partial charge in [-0.1, -0.05) is 32.4 Å². The third kappa shape index (κ3) is 4.04. The van der Waals surface area contributed by atoms with Gasteiger partial charge in [-0.2, -0.15) is 0 Å². The Morgan fingerprint density at radius 2 is 1.86 bits per heavy atom. The van der Waals surface area contributed by atoms with E-state index < -0.39 is 11.5 Å². The first kappa shape index (κ1) is 26.6. The molecule has 0 aromatic heterocycles. The molecule has 0 aromatic rings. The average Bonchev–Trinajstić information content (AvgIpc) is 3.17. The number of fused-ring (bicyclic) bond motifs is 7. The lowest BCUT2D eigenvalue weighted by Crippen LogP contribution is -2.49. The summed E-state index contributed by atoms with van der Waals surface area (Å²) in [6.07, 6.45) is 9.58. The van der Waals surface area contributed by atoms with Crippen LogP contribution in [0.1, 0.15) is 92.9 Å². The van der Waals surface area contributed by atoms with Gasteiger partial charge in [0.25, 0.3) is 0 Å². The minimum absolute atomic E-state index is 0.00663. The third-order valence-electron chi connectivity index (χ3n) is 11.3. The predicted octanol–water partition coefficient (Wildman–Crippen LogP) is 4.90. The molecule has 0 aromatic carbocycles. The minimum atomic E-state index is -1.07. The molecule has 0 radical (unpaired) electrons. The van der Waals surface area contributed by atoms with Crippen molar-refractivity contribution in [1.82, 2.24) is 5.32 Å². The van der Waals surface area contributed by atoms with Crippen molar-refractivity contribution in [1.29, 1.82) is 0 Å². The lowest BCUT2D eigenvalue weighted by atomic mass is 9.47. The summed E-state index contributed by atoms with van der Waals surface area (Å²) in [5, 5.41) is 15.2. The fourth-order valence-electron chi connectivity index (χ4n) is 9.68. The van der Waals surface area contributed by atoms with Crippen molar-refractivity contribution in [2.75, 3.05) is 6.54 Å². The number of ketones is 1. The number of aliphatic hydroxyl groups is 1. The zero-order valence-corrected chi connectivity index (χ0v) is 23.5.